The van der Waals surface area contributed by atoms with Crippen LogP contribution in [0.5, 0.6) is 5.75 Å². The molecular weight excluding hydrogens is 929 g/mol. The first-order chi connectivity index (χ1) is 33.1. The minimum atomic E-state index is -1.69. The summed E-state index contributed by atoms with van der Waals surface area (Å²) in [6.07, 6.45) is 5.00. The highest BCUT2D eigenvalue weighted by atomic mass is 35.5. The first kappa shape index (κ1) is 47.0. The molecule has 2 aliphatic heterocycles. The SMILES string of the molecule is COc1cc2c[nH]c(C(=O)C(=O)Nc3nccs3)c2nc1C(=O)N1CCC(Cc2ccccc2-n2cc3cc(Cl)c(C(=O)N4CCC(O)(Cc5ccc(F)cc5)CC4)nc3c2C(O)C(=O)N(C)C)C1. The van der Waals surface area contributed by atoms with Crippen LogP contribution in [0.1, 0.15) is 73.7 Å². The fraction of sp³-hybridized carbons (Fsp3) is 0.306. The molecule has 356 valence electrons. The molecule has 0 bridgehead atoms. The number of hydrogen-bond acceptors (Lipinski definition) is 12. The summed E-state index contributed by atoms with van der Waals surface area (Å²) in [5, 5.41) is 28.6. The monoisotopic (exact) mass is 975 g/mol. The zero-order valence-electron chi connectivity index (χ0n) is 37.7. The summed E-state index contributed by atoms with van der Waals surface area (Å²) < 4.78 is 20.8. The van der Waals surface area contributed by atoms with Crippen molar-refractivity contribution in [3.05, 3.63) is 129 Å². The minimum absolute atomic E-state index is 0.0177. The predicted octanol–water partition coefficient (Wildman–Crippen LogP) is 6.02. The molecule has 20 heteroatoms. The van der Waals surface area contributed by atoms with Gasteiger partial charge in [0, 0.05) is 87.1 Å². The number of para-hydroxylation sites is 1. The van der Waals surface area contributed by atoms with Gasteiger partial charge in [0.2, 0.25) is 0 Å². The van der Waals surface area contributed by atoms with E-state index in [9.17, 15) is 38.6 Å². The summed E-state index contributed by atoms with van der Waals surface area (Å²) in [6.45, 7) is 1.16. The number of ether oxygens (including phenoxy) is 1. The van der Waals surface area contributed by atoms with Crippen LogP contribution in [0.3, 0.4) is 0 Å². The Kier molecular flexibility index (Phi) is 13.0. The number of rotatable bonds is 13. The number of benzene rings is 2. The number of pyridine rings is 2. The van der Waals surface area contributed by atoms with E-state index in [1.165, 1.54) is 50.6 Å². The Morgan fingerprint density at radius 3 is 2.42 bits per heavy atom. The Labute approximate surface area is 403 Å². The molecular formula is C49H47ClFN9O8S. The number of aromatic nitrogens is 5. The second-order valence-electron chi connectivity index (χ2n) is 17.6. The van der Waals surface area contributed by atoms with Gasteiger partial charge in [0.25, 0.3) is 29.4 Å². The molecule has 2 aliphatic rings. The average molecular weight is 976 g/mol. The standard InChI is InChI=1S/C49H47ClFN9O8S/c1-57(2)47(66)43(62)41-37-31(21-33(50)38(55-37)45(64)58-17-13-49(67,14-18-58)23-27-8-10-32(51)11-9-27)26-60(41)34-7-5-4-6-29(34)20-28-12-16-59(25-28)46(65)39-35(68-3)22-30-24-53-40(36(30)54-39)42(61)44(63)56-48-52-15-19-69-48/h4-11,15,19,21-22,24,26,28,43,53,62,67H,12-14,16-18,20,23,25H2,1-3H3,(H,52,56,63). The van der Waals surface area contributed by atoms with E-state index in [-0.39, 0.29) is 87.4 Å². The van der Waals surface area contributed by atoms with E-state index >= 15 is 0 Å². The number of methoxy groups -OCH3 is 1. The number of likely N-dealkylation sites (N-methyl/N-ethyl adjacent to an activating group) is 1. The number of fused-ring (bicyclic) bond motifs is 2. The second-order valence-corrected chi connectivity index (χ2v) is 18.9. The van der Waals surface area contributed by atoms with Gasteiger partial charge in [-0.25, -0.2) is 19.3 Å². The number of aliphatic hydroxyl groups is 2. The highest BCUT2D eigenvalue weighted by Gasteiger charge is 2.37. The Balaban J connectivity index is 0.962. The largest absolute Gasteiger partial charge is 0.494 e. The molecule has 2 atom stereocenters. The maximum absolute atomic E-state index is 14.2. The molecule has 4 amide bonds. The molecule has 0 saturated carbocycles. The van der Waals surface area contributed by atoms with Gasteiger partial charge in [-0.1, -0.05) is 41.9 Å². The first-order valence-electron chi connectivity index (χ1n) is 22.2. The third kappa shape index (κ3) is 9.42. The van der Waals surface area contributed by atoms with Crippen molar-refractivity contribution in [2.75, 3.05) is 52.7 Å². The molecule has 2 unspecified atom stereocenters. The van der Waals surface area contributed by atoms with Crippen molar-refractivity contribution in [1.29, 1.82) is 0 Å². The van der Waals surface area contributed by atoms with Crippen LogP contribution in [0.4, 0.5) is 9.52 Å². The van der Waals surface area contributed by atoms with Gasteiger partial charge >= 0.3 is 0 Å². The number of anilines is 1. The Hall–Kier alpha value is -7.06. The van der Waals surface area contributed by atoms with Crippen LogP contribution in [0.15, 0.2) is 84.6 Å². The molecule has 9 rings (SSSR count). The zero-order chi connectivity index (χ0) is 48.7. The third-order valence-electron chi connectivity index (χ3n) is 12.8. The van der Waals surface area contributed by atoms with Crippen molar-refractivity contribution in [3.63, 3.8) is 0 Å². The van der Waals surface area contributed by atoms with Crippen LogP contribution in [-0.4, -0.2) is 132 Å². The smallest absolute Gasteiger partial charge is 0.300 e. The fourth-order valence-corrected chi connectivity index (χ4v) is 9.94. The molecule has 7 heterocycles. The number of thiazole rings is 1. The number of piperidine rings is 1. The minimum Gasteiger partial charge on any atom is -0.494 e. The Bertz CT molecular complexity index is 3130. The lowest BCUT2D eigenvalue weighted by Crippen LogP contribution is -2.48. The number of Topliss-reactive ketones (excluding diaryl/α,β-unsaturated/α-hetero) is 1. The number of carbonyl (C=O) groups is 5. The van der Waals surface area contributed by atoms with Crippen LogP contribution >= 0.6 is 22.9 Å². The summed E-state index contributed by atoms with van der Waals surface area (Å²) in [4.78, 5) is 88.6. The van der Waals surface area contributed by atoms with E-state index in [2.05, 4.69) is 20.3 Å². The van der Waals surface area contributed by atoms with Crippen LogP contribution in [-0.2, 0) is 22.4 Å². The number of halogens is 2. The maximum atomic E-state index is 14.2. The van der Waals surface area contributed by atoms with Crippen LogP contribution in [0, 0.1) is 11.7 Å². The molecule has 69 heavy (non-hydrogen) atoms. The molecule has 5 aromatic heterocycles. The lowest BCUT2D eigenvalue weighted by Gasteiger charge is -2.38. The van der Waals surface area contributed by atoms with Gasteiger partial charge in [-0.15, -0.1) is 11.3 Å². The van der Waals surface area contributed by atoms with Crippen molar-refractivity contribution in [1.82, 2.24) is 39.2 Å². The third-order valence-corrected chi connectivity index (χ3v) is 13.8. The van der Waals surface area contributed by atoms with E-state index in [4.69, 9.17) is 21.3 Å². The van der Waals surface area contributed by atoms with Crippen LogP contribution < -0.4 is 10.1 Å². The van der Waals surface area contributed by atoms with Gasteiger partial charge in [0.15, 0.2) is 22.7 Å². The van der Waals surface area contributed by atoms with Gasteiger partial charge in [-0.05, 0) is 73.1 Å². The lowest BCUT2D eigenvalue weighted by molar-refractivity contribution is -0.138. The summed E-state index contributed by atoms with van der Waals surface area (Å²) in [5.74, 6) is -3.50. The first-order valence-corrected chi connectivity index (χ1v) is 23.4. The number of ketones is 1. The van der Waals surface area contributed by atoms with Gasteiger partial charge < -0.3 is 39.2 Å². The van der Waals surface area contributed by atoms with Gasteiger partial charge in [0.1, 0.15) is 22.7 Å². The van der Waals surface area contributed by atoms with Gasteiger partial charge in [-0.3, -0.25) is 29.3 Å². The number of nitrogens with zero attached hydrogens (tertiary/aromatic N) is 7. The van der Waals surface area contributed by atoms with Crippen LogP contribution in [0.2, 0.25) is 5.02 Å². The Morgan fingerprint density at radius 2 is 1.71 bits per heavy atom. The average Bonchev–Trinajstić information content (AvgIpc) is 4.18. The van der Waals surface area contributed by atoms with Crippen molar-refractivity contribution < 1.29 is 43.3 Å². The summed E-state index contributed by atoms with van der Waals surface area (Å²) in [5.41, 5.74) is 1.46. The fourth-order valence-electron chi connectivity index (χ4n) is 9.17. The topological polar surface area (TPSA) is 216 Å². The van der Waals surface area contributed by atoms with Crippen molar-refractivity contribution >= 4 is 79.3 Å². The molecule has 2 fully saturated rings. The highest BCUT2D eigenvalue weighted by molar-refractivity contribution is 7.13. The van der Waals surface area contributed by atoms with Crippen molar-refractivity contribution in [2.24, 2.45) is 5.92 Å². The number of carbonyl (C=O) groups excluding carboxylic acids is 5. The molecule has 17 nitrogen and oxygen atoms in total. The number of nitrogens with one attached hydrogen (secondary N) is 2. The number of H-pyrrole nitrogens is 1. The lowest BCUT2D eigenvalue weighted by atomic mass is 9.85. The maximum Gasteiger partial charge on any atom is 0.300 e. The number of likely N-dealkylation sites (tertiary alicyclic amines) is 2. The summed E-state index contributed by atoms with van der Waals surface area (Å²) in [6, 6.07) is 16.6. The van der Waals surface area contributed by atoms with E-state index in [1.54, 1.807) is 50.2 Å². The normalized spacial score (nSPS) is 16.2. The number of aromatic amines is 1. The molecule has 7 aromatic rings. The molecule has 2 aromatic carbocycles. The van der Waals surface area contributed by atoms with Crippen molar-refractivity contribution in [2.45, 2.75) is 43.8 Å². The highest BCUT2D eigenvalue weighted by Crippen LogP contribution is 2.36. The summed E-state index contributed by atoms with van der Waals surface area (Å²) >= 11 is 7.97. The van der Waals surface area contributed by atoms with Gasteiger partial charge in [-0.2, -0.15) is 0 Å². The van der Waals surface area contributed by atoms with E-state index in [0.717, 1.165) is 22.5 Å². The number of amides is 4. The number of aliphatic hydroxyl groups excluding tert-OH is 1. The van der Waals surface area contributed by atoms with E-state index in [0.29, 0.717) is 48.8 Å². The molecule has 4 N–H and O–H groups in total. The zero-order valence-corrected chi connectivity index (χ0v) is 39.3. The predicted molar refractivity (Wildman–Crippen MR) is 255 cm³/mol. The Morgan fingerprint density at radius 1 is 0.986 bits per heavy atom. The van der Waals surface area contributed by atoms with Gasteiger partial charge in [0.05, 0.1) is 28.9 Å². The molecule has 0 spiro atoms. The van der Waals surface area contributed by atoms with E-state index in [1.807, 2.05) is 24.3 Å². The summed E-state index contributed by atoms with van der Waals surface area (Å²) in [7, 11) is 4.47. The van der Waals surface area contributed by atoms with Crippen LogP contribution in [0.25, 0.3) is 27.5 Å². The van der Waals surface area contributed by atoms with E-state index < -0.39 is 41.1 Å². The quantitative estimate of drug-likeness (QED) is 0.0775. The molecule has 0 radical (unpaired) electrons. The molecule has 0 aliphatic carbocycles. The number of hydrogen-bond donors (Lipinski definition) is 4. The second kappa shape index (κ2) is 19.1. The molecule has 2 saturated heterocycles. The van der Waals surface area contributed by atoms with Crippen molar-refractivity contribution in [3.8, 4) is 11.4 Å².